The Morgan fingerprint density at radius 2 is 2.37 bits per heavy atom. The molecule has 0 saturated carbocycles. The van der Waals surface area contributed by atoms with Gasteiger partial charge in [-0.1, -0.05) is 5.16 Å². The molecule has 0 aromatic carbocycles. The SMILES string of the molecule is Nc1cnn(Cc2nc(C3CCS(=O)(=O)C3)no2)c1. The fraction of sp³-hybridized carbons (Fsp3) is 0.500. The highest BCUT2D eigenvalue weighted by Crippen LogP contribution is 2.26. The van der Waals surface area contributed by atoms with Crippen molar-refractivity contribution in [3.63, 3.8) is 0 Å². The number of aromatic nitrogens is 4. The molecular weight excluding hydrogens is 270 g/mol. The maximum absolute atomic E-state index is 11.4. The van der Waals surface area contributed by atoms with Gasteiger partial charge in [0.25, 0.3) is 0 Å². The Morgan fingerprint density at radius 3 is 3.00 bits per heavy atom. The summed E-state index contributed by atoms with van der Waals surface area (Å²) in [6.07, 6.45) is 3.74. The molecule has 8 nitrogen and oxygen atoms in total. The molecule has 2 aromatic rings. The number of hydrogen-bond donors (Lipinski definition) is 1. The molecule has 1 atom stereocenters. The van der Waals surface area contributed by atoms with Crippen LogP contribution in [0.1, 0.15) is 24.1 Å². The zero-order valence-corrected chi connectivity index (χ0v) is 10.9. The third-order valence-electron chi connectivity index (χ3n) is 3.03. The molecule has 0 radical (unpaired) electrons. The minimum absolute atomic E-state index is 0.0979. The normalized spacial score (nSPS) is 21.8. The van der Waals surface area contributed by atoms with Gasteiger partial charge in [-0.05, 0) is 6.42 Å². The smallest absolute Gasteiger partial charge is 0.248 e. The zero-order valence-electron chi connectivity index (χ0n) is 10.1. The average molecular weight is 283 g/mol. The van der Waals surface area contributed by atoms with Crippen LogP contribution in [0, 0.1) is 0 Å². The molecule has 2 aromatic heterocycles. The summed E-state index contributed by atoms with van der Waals surface area (Å²) in [5.41, 5.74) is 6.11. The fourth-order valence-electron chi connectivity index (χ4n) is 2.10. The lowest BCUT2D eigenvalue weighted by Gasteiger charge is -1.98. The van der Waals surface area contributed by atoms with E-state index in [1.54, 1.807) is 10.9 Å². The van der Waals surface area contributed by atoms with Crippen LogP contribution < -0.4 is 5.73 Å². The van der Waals surface area contributed by atoms with Crippen molar-refractivity contribution < 1.29 is 12.9 Å². The largest absolute Gasteiger partial charge is 0.396 e. The molecule has 1 aliphatic heterocycles. The number of hydrogen-bond acceptors (Lipinski definition) is 7. The van der Waals surface area contributed by atoms with Crippen LogP contribution in [0.15, 0.2) is 16.9 Å². The van der Waals surface area contributed by atoms with Gasteiger partial charge in [-0.15, -0.1) is 0 Å². The Bertz CT molecular complexity index is 690. The van der Waals surface area contributed by atoms with Crippen LogP contribution in [0.2, 0.25) is 0 Å². The minimum atomic E-state index is -2.95. The molecule has 2 N–H and O–H groups in total. The molecule has 1 unspecified atom stereocenters. The van der Waals surface area contributed by atoms with E-state index in [4.69, 9.17) is 10.3 Å². The van der Waals surface area contributed by atoms with Crippen molar-refractivity contribution >= 4 is 15.5 Å². The molecule has 1 saturated heterocycles. The van der Waals surface area contributed by atoms with E-state index in [1.165, 1.54) is 6.20 Å². The van der Waals surface area contributed by atoms with Crippen molar-refractivity contribution in [2.24, 2.45) is 0 Å². The lowest BCUT2D eigenvalue weighted by molar-refractivity contribution is 0.359. The van der Waals surface area contributed by atoms with Crippen molar-refractivity contribution in [3.8, 4) is 0 Å². The van der Waals surface area contributed by atoms with Crippen LogP contribution in [-0.2, 0) is 16.4 Å². The van der Waals surface area contributed by atoms with Gasteiger partial charge in [0.1, 0.15) is 6.54 Å². The first-order valence-electron chi connectivity index (χ1n) is 5.83. The molecule has 1 aliphatic rings. The van der Waals surface area contributed by atoms with E-state index < -0.39 is 9.84 Å². The summed E-state index contributed by atoms with van der Waals surface area (Å²) in [5, 5.41) is 7.85. The zero-order chi connectivity index (χ0) is 13.5. The van der Waals surface area contributed by atoms with Gasteiger partial charge in [-0.25, -0.2) is 8.42 Å². The first-order valence-corrected chi connectivity index (χ1v) is 7.65. The number of nitrogens with two attached hydrogens (primary N) is 1. The van der Waals surface area contributed by atoms with Gasteiger partial charge < -0.3 is 10.3 Å². The van der Waals surface area contributed by atoms with Crippen molar-refractivity contribution in [1.82, 2.24) is 19.9 Å². The topological polar surface area (TPSA) is 117 Å². The Kier molecular flexibility index (Phi) is 2.77. The molecule has 0 bridgehead atoms. The third-order valence-corrected chi connectivity index (χ3v) is 4.80. The lowest BCUT2D eigenvalue weighted by atomic mass is 10.1. The van der Waals surface area contributed by atoms with E-state index in [0.717, 1.165) is 0 Å². The van der Waals surface area contributed by atoms with E-state index in [-0.39, 0.29) is 17.4 Å². The lowest BCUT2D eigenvalue weighted by Crippen LogP contribution is -2.05. The third kappa shape index (κ3) is 2.60. The van der Waals surface area contributed by atoms with Crippen LogP contribution in [-0.4, -0.2) is 39.8 Å². The van der Waals surface area contributed by atoms with Crippen LogP contribution >= 0.6 is 0 Å². The molecule has 1 fully saturated rings. The maximum atomic E-state index is 11.4. The van der Waals surface area contributed by atoms with E-state index >= 15 is 0 Å². The second-order valence-corrected chi connectivity index (χ2v) is 6.85. The highest BCUT2D eigenvalue weighted by molar-refractivity contribution is 7.91. The summed E-state index contributed by atoms with van der Waals surface area (Å²) in [6, 6.07) is 0. The molecule has 0 aliphatic carbocycles. The Morgan fingerprint density at radius 1 is 1.53 bits per heavy atom. The van der Waals surface area contributed by atoms with Crippen LogP contribution in [0.5, 0.6) is 0 Å². The van der Waals surface area contributed by atoms with Crippen LogP contribution in [0.4, 0.5) is 5.69 Å². The molecule has 19 heavy (non-hydrogen) atoms. The summed E-state index contributed by atoms with van der Waals surface area (Å²) >= 11 is 0. The molecule has 0 amide bonds. The van der Waals surface area contributed by atoms with Crippen LogP contribution in [0.3, 0.4) is 0 Å². The van der Waals surface area contributed by atoms with Crippen LogP contribution in [0.25, 0.3) is 0 Å². The minimum Gasteiger partial charge on any atom is -0.396 e. The number of nitrogens with zero attached hydrogens (tertiary/aromatic N) is 4. The van der Waals surface area contributed by atoms with Gasteiger partial charge >= 0.3 is 0 Å². The Labute approximate surface area is 109 Å². The maximum Gasteiger partial charge on any atom is 0.248 e. The van der Waals surface area contributed by atoms with E-state index in [9.17, 15) is 8.42 Å². The van der Waals surface area contributed by atoms with Crippen molar-refractivity contribution in [3.05, 3.63) is 24.1 Å². The van der Waals surface area contributed by atoms with Gasteiger partial charge in [0.2, 0.25) is 5.89 Å². The Balaban J connectivity index is 1.73. The number of rotatable bonds is 3. The van der Waals surface area contributed by atoms with Gasteiger partial charge in [0.05, 0.1) is 23.4 Å². The quantitative estimate of drug-likeness (QED) is 0.828. The number of nitrogen functional groups attached to an aromatic ring is 1. The van der Waals surface area contributed by atoms with Crippen molar-refractivity contribution in [2.45, 2.75) is 18.9 Å². The summed E-state index contributed by atoms with van der Waals surface area (Å²) in [4.78, 5) is 4.22. The standard InChI is InChI=1S/C10H13N5O3S/c11-8-3-12-15(4-8)5-9-13-10(14-18-9)7-1-2-19(16,17)6-7/h3-4,7H,1-2,5-6,11H2. The number of sulfone groups is 1. The molecule has 3 rings (SSSR count). The summed E-state index contributed by atoms with van der Waals surface area (Å²) < 4.78 is 29.5. The van der Waals surface area contributed by atoms with Gasteiger partial charge in [-0.3, -0.25) is 4.68 Å². The van der Waals surface area contributed by atoms with E-state index in [2.05, 4.69) is 15.2 Å². The highest BCUT2D eigenvalue weighted by atomic mass is 32.2. The summed E-state index contributed by atoms with van der Waals surface area (Å²) in [5.74, 6) is 0.974. The molecule has 0 spiro atoms. The van der Waals surface area contributed by atoms with E-state index in [0.29, 0.717) is 30.4 Å². The fourth-order valence-corrected chi connectivity index (χ4v) is 3.84. The summed E-state index contributed by atoms with van der Waals surface area (Å²) in [7, 11) is -2.95. The van der Waals surface area contributed by atoms with Crippen molar-refractivity contribution in [1.29, 1.82) is 0 Å². The highest BCUT2D eigenvalue weighted by Gasteiger charge is 2.32. The predicted molar refractivity (Wildman–Crippen MR) is 66.1 cm³/mol. The average Bonchev–Trinajstić information content (AvgIpc) is 3.01. The molecule has 9 heteroatoms. The predicted octanol–water partition coefficient (Wildman–Crippen LogP) is -0.201. The Hall–Kier alpha value is -1.90. The van der Waals surface area contributed by atoms with Gasteiger partial charge in [0, 0.05) is 12.1 Å². The second kappa shape index (κ2) is 4.34. The first kappa shape index (κ1) is 12.2. The van der Waals surface area contributed by atoms with E-state index in [1.807, 2.05) is 0 Å². The number of anilines is 1. The first-order chi connectivity index (χ1) is 9.02. The molecular formula is C10H13N5O3S. The monoisotopic (exact) mass is 283 g/mol. The molecule has 3 heterocycles. The van der Waals surface area contributed by atoms with Gasteiger partial charge in [-0.2, -0.15) is 10.1 Å². The van der Waals surface area contributed by atoms with Crippen molar-refractivity contribution in [2.75, 3.05) is 17.2 Å². The summed E-state index contributed by atoms with van der Waals surface area (Å²) in [6.45, 7) is 0.323. The molecule has 102 valence electrons. The second-order valence-electron chi connectivity index (χ2n) is 4.62. The van der Waals surface area contributed by atoms with Gasteiger partial charge in [0.15, 0.2) is 15.7 Å².